The second kappa shape index (κ2) is 7.06. The van der Waals surface area contributed by atoms with E-state index >= 15 is 0 Å². The van der Waals surface area contributed by atoms with Crippen LogP contribution in [-0.2, 0) is 11.3 Å². The summed E-state index contributed by atoms with van der Waals surface area (Å²) in [4.78, 5) is 16.2. The number of nitrogens with two attached hydrogens (primary N) is 1. The Morgan fingerprint density at radius 3 is 2.89 bits per heavy atom. The number of carbonyl (C=O) groups excluding carboxylic acids is 1. The topological polar surface area (TPSA) is 68.0 Å². The Morgan fingerprint density at radius 1 is 1.61 bits per heavy atom. The van der Waals surface area contributed by atoms with Crippen LogP contribution >= 0.6 is 12.2 Å². The van der Waals surface area contributed by atoms with Crippen LogP contribution in [0.3, 0.4) is 0 Å². The first-order chi connectivity index (χ1) is 8.56. The van der Waals surface area contributed by atoms with E-state index in [-0.39, 0.29) is 16.8 Å². The van der Waals surface area contributed by atoms with Crippen molar-refractivity contribution in [1.29, 1.82) is 0 Å². The number of aromatic nitrogens is 1. The SMILES string of the molecule is CCCC(C(=O)NCc1ccncc1C)C(N)=S. The molecule has 0 aliphatic heterocycles. The van der Waals surface area contributed by atoms with Crippen molar-refractivity contribution < 1.29 is 4.79 Å². The summed E-state index contributed by atoms with van der Waals surface area (Å²) in [5.74, 6) is -0.465. The zero-order chi connectivity index (χ0) is 13.5. The molecule has 4 nitrogen and oxygen atoms in total. The van der Waals surface area contributed by atoms with Crippen molar-refractivity contribution in [3.63, 3.8) is 0 Å². The average molecular weight is 265 g/mol. The van der Waals surface area contributed by atoms with Gasteiger partial charge >= 0.3 is 0 Å². The van der Waals surface area contributed by atoms with E-state index in [1.165, 1.54) is 0 Å². The summed E-state index contributed by atoms with van der Waals surface area (Å²) in [7, 11) is 0. The van der Waals surface area contributed by atoms with Crippen molar-refractivity contribution in [2.75, 3.05) is 0 Å². The van der Waals surface area contributed by atoms with Crippen LogP contribution in [0.4, 0.5) is 0 Å². The van der Waals surface area contributed by atoms with Crippen LogP contribution in [0.2, 0.25) is 0 Å². The maximum atomic E-state index is 12.0. The Kier molecular flexibility index (Phi) is 5.71. The highest BCUT2D eigenvalue weighted by Crippen LogP contribution is 2.09. The van der Waals surface area contributed by atoms with E-state index in [0.29, 0.717) is 13.0 Å². The van der Waals surface area contributed by atoms with Crippen molar-refractivity contribution in [1.82, 2.24) is 10.3 Å². The van der Waals surface area contributed by atoms with Crippen molar-refractivity contribution in [3.8, 4) is 0 Å². The highest BCUT2D eigenvalue weighted by Gasteiger charge is 2.19. The molecule has 0 saturated heterocycles. The number of amides is 1. The van der Waals surface area contributed by atoms with Crippen LogP contribution in [0.1, 0.15) is 30.9 Å². The van der Waals surface area contributed by atoms with Gasteiger partial charge in [0.05, 0.1) is 10.9 Å². The Hall–Kier alpha value is -1.49. The summed E-state index contributed by atoms with van der Waals surface area (Å²) in [6.07, 6.45) is 5.06. The third-order valence-electron chi connectivity index (χ3n) is 2.83. The molecule has 1 atom stereocenters. The lowest BCUT2D eigenvalue weighted by molar-refractivity contribution is -0.123. The van der Waals surface area contributed by atoms with E-state index in [1.807, 2.05) is 19.9 Å². The van der Waals surface area contributed by atoms with Crippen LogP contribution in [0, 0.1) is 12.8 Å². The molecule has 1 aromatic rings. The first-order valence-corrected chi connectivity index (χ1v) is 6.43. The number of pyridine rings is 1. The van der Waals surface area contributed by atoms with E-state index < -0.39 is 0 Å². The molecule has 0 aromatic carbocycles. The van der Waals surface area contributed by atoms with Gasteiger partial charge in [-0.3, -0.25) is 9.78 Å². The number of nitrogens with one attached hydrogen (secondary N) is 1. The molecule has 1 heterocycles. The predicted molar refractivity (Wildman–Crippen MR) is 76.0 cm³/mol. The van der Waals surface area contributed by atoms with Crippen LogP contribution in [-0.4, -0.2) is 15.9 Å². The van der Waals surface area contributed by atoms with Gasteiger partial charge in [0.15, 0.2) is 0 Å². The van der Waals surface area contributed by atoms with Gasteiger partial charge < -0.3 is 11.1 Å². The maximum Gasteiger partial charge on any atom is 0.230 e. The fraction of sp³-hybridized carbons (Fsp3) is 0.462. The molecule has 0 bridgehead atoms. The molecule has 1 aromatic heterocycles. The van der Waals surface area contributed by atoms with Crippen molar-refractivity contribution in [3.05, 3.63) is 29.6 Å². The molecule has 0 aliphatic carbocycles. The smallest absolute Gasteiger partial charge is 0.230 e. The number of hydrogen-bond acceptors (Lipinski definition) is 3. The molecule has 0 radical (unpaired) electrons. The molecule has 0 spiro atoms. The van der Waals surface area contributed by atoms with Gasteiger partial charge in [0.1, 0.15) is 0 Å². The average Bonchev–Trinajstić information content (AvgIpc) is 2.34. The highest BCUT2D eigenvalue weighted by atomic mass is 32.1. The normalized spacial score (nSPS) is 11.9. The minimum absolute atomic E-state index is 0.0967. The number of hydrogen-bond donors (Lipinski definition) is 2. The summed E-state index contributed by atoms with van der Waals surface area (Å²) < 4.78 is 0. The fourth-order valence-corrected chi connectivity index (χ4v) is 1.92. The first kappa shape index (κ1) is 14.6. The number of carbonyl (C=O) groups is 1. The fourth-order valence-electron chi connectivity index (χ4n) is 1.70. The van der Waals surface area contributed by atoms with Gasteiger partial charge in [-0.15, -0.1) is 0 Å². The third-order valence-corrected chi connectivity index (χ3v) is 3.11. The molecule has 5 heteroatoms. The zero-order valence-corrected chi connectivity index (χ0v) is 11.6. The third kappa shape index (κ3) is 4.07. The maximum absolute atomic E-state index is 12.0. The summed E-state index contributed by atoms with van der Waals surface area (Å²) in [6, 6.07) is 1.89. The van der Waals surface area contributed by atoms with Gasteiger partial charge in [-0.2, -0.15) is 0 Å². The first-order valence-electron chi connectivity index (χ1n) is 6.02. The van der Waals surface area contributed by atoms with Gasteiger partial charge in [-0.1, -0.05) is 25.6 Å². The largest absolute Gasteiger partial charge is 0.393 e. The van der Waals surface area contributed by atoms with Crippen LogP contribution in [0.15, 0.2) is 18.5 Å². The van der Waals surface area contributed by atoms with Gasteiger partial charge in [0.2, 0.25) is 5.91 Å². The lowest BCUT2D eigenvalue weighted by atomic mass is 10.0. The van der Waals surface area contributed by atoms with E-state index in [2.05, 4.69) is 10.3 Å². The Morgan fingerprint density at radius 2 is 2.33 bits per heavy atom. The molecule has 1 rings (SSSR count). The standard InChI is InChI=1S/C13H19N3OS/c1-3-4-11(12(14)18)13(17)16-8-10-5-6-15-7-9(10)2/h5-7,11H,3-4,8H2,1-2H3,(H2,14,18)(H,16,17). The summed E-state index contributed by atoms with van der Waals surface area (Å²) in [6.45, 7) is 4.45. The number of nitrogens with zero attached hydrogens (tertiary/aromatic N) is 1. The van der Waals surface area contributed by atoms with Gasteiger partial charge in [-0.25, -0.2) is 0 Å². The van der Waals surface area contributed by atoms with Crippen LogP contribution in [0.25, 0.3) is 0 Å². The summed E-state index contributed by atoms with van der Waals surface area (Å²) >= 11 is 4.92. The molecule has 3 N–H and O–H groups in total. The van der Waals surface area contributed by atoms with Gasteiger partial charge in [0, 0.05) is 18.9 Å². The number of thiocarbonyl (C=S) groups is 1. The summed E-state index contributed by atoms with van der Waals surface area (Å²) in [5.41, 5.74) is 7.69. The lowest BCUT2D eigenvalue weighted by Gasteiger charge is -2.15. The van der Waals surface area contributed by atoms with Crippen LogP contribution < -0.4 is 11.1 Å². The molecule has 0 saturated carbocycles. The molecule has 98 valence electrons. The van der Waals surface area contributed by atoms with Crippen molar-refractivity contribution in [2.45, 2.75) is 33.2 Å². The predicted octanol–water partition coefficient (Wildman–Crippen LogP) is 1.71. The second-order valence-electron chi connectivity index (χ2n) is 4.26. The number of rotatable bonds is 6. The highest BCUT2D eigenvalue weighted by molar-refractivity contribution is 7.80. The minimum Gasteiger partial charge on any atom is -0.393 e. The monoisotopic (exact) mass is 265 g/mol. The minimum atomic E-state index is -0.368. The molecule has 0 aliphatic rings. The zero-order valence-electron chi connectivity index (χ0n) is 10.8. The Labute approximate surface area is 113 Å². The molecular formula is C13H19N3OS. The Bertz CT molecular complexity index is 434. The van der Waals surface area contributed by atoms with E-state index in [4.69, 9.17) is 18.0 Å². The van der Waals surface area contributed by atoms with E-state index in [1.54, 1.807) is 12.4 Å². The lowest BCUT2D eigenvalue weighted by Crippen LogP contribution is -2.37. The van der Waals surface area contributed by atoms with Crippen molar-refractivity contribution in [2.24, 2.45) is 11.7 Å². The molecule has 1 amide bonds. The van der Waals surface area contributed by atoms with Crippen molar-refractivity contribution >= 4 is 23.1 Å². The molecular weight excluding hydrogens is 246 g/mol. The Balaban J connectivity index is 2.60. The molecule has 1 unspecified atom stereocenters. The summed E-state index contributed by atoms with van der Waals surface area (Å²) in [5, 5.41) is 2.87. The van der Waals surface area contributed by atoms with Gasteiger partial charge in [0.25, 0.3) is 0 Å². The quantitative estimate of drug-likeness (QED) is 0.768. The van der Waals surface area contributed by atoms with E-state index in [9.17, 15) is 4.79 Å². The van der Waals surface area contributed by atoms with Gasteiger partial charge in [-0.05, 0) is 30.5 Å². The number of aryl methyl sites for hydroxylation is 1. The molecule has 18 heavy (non-hydrogen) atoms. The second-order valence-corrected chi connectivity index (χ2v) is 4.73. The van der Waals surface area contributed by atoms with Crippen LogP contribution in [0.5, 0.6) is 0 Å². The molecule has 0 fully saturated rings. The van der Waals surface area contributed by atoms with E-state index in [0.717, 1.165) is 17.5 Å².